The van der Waals surface area contributed by atoms with Gasteiger partial charge in [0.2, 0.25) is 0 Å². The van der Waals surface area contributed by atoms with Gasteiger partial charge in [-0.1, -0.05) is 12.2 Å². The molecule has 1 aliphatic rings. The zero-order valence-electron chi connectivity index (χ0n) is 8.17. The lowest BCUT2D eigenvalue weighted by Gasteiger charge is -2.23. The SMILES string of the molecule is CC1(C)C=Cc2cc(F)ccc2C1=O. The number of carbonyl (C=O) groups is 1. The molecule has 0 atom stereocenters. The number of allylic oxidation sites excluding steroid dienone is 1. The standard InChI is InChI=1S/C12H11FO/c1-12(2)6-5-8-7-9(13)3-4-10(8)11(12)14/h3-7H,1-2H3. The molecule has 1 aromatic carbocycles. The second-order valence-electron chi connectivity index (χ2n) is 4.12. The van der Waals surface area contributed by atoms with Crippen molar-refractivity contribution < 1.29 is 9.18 Å². The monoisotopic (exact) mass is 190 g/mol. The van der Waals surface area contributed by atoms with E-state index in [-0.39, 0.29) is 11.6 Å². The first-order valence-electron chi connectivity index (χ1n) is 4.54. The van der Waals surface area contributed by atoms with E-state index in [1.165, 1.54) is 12.1 Å². The van der Waals surface area contributed by atoms with E-state index in [0.29, 0.717) is 11.1 Å². The Balaban J connectivity index is 2.61. The number of hydrogen-bond acceptors (Lipinski definition) is 1. The van der Waals surface area contributed by atoms with Crippen molar-refractivity contribution in [3.8, 4) is 0 Å². The van der Waals surface area contributed by atoms with Gasteiger partial charge in [-0.25, -0.2) is 4.39 Å². The summed E-state index contributed by atoms with van der Waals surface area (Å²) in [4.78, 5) is 11.9. The highest BCUT2D eigenvalue weighted by Gasteiger charge is 2.30. The van der Waals surface area contributed by atoms with E-state index < -0.39 is 5.41 Å². The second-order valence-corrected chi connectivity index (χ2v) is 4.12. The number of halogens is 1. The summed E-state index contributed by atoms with van der Waals surface area (Å²) in [6, 6.07) is 4.27. The highest BCUT2D eigenvalue weighted by molar-refractivity contribution is 6.06. The maximum Gasteiger partial charge on any atom is 0.172 e. The van der Waals surface area contributed by atoms with Crippen molar-refractivity contribution in [3.05, 3.63) is 41.2 Å². The van der Waals surface area contributed by atoms with Crippen LogP contribution in [0.5, 0.6) is 0 Å². The fourth-order valence-corrected chi connectivity index (χ4v) is 1.60. The third kappa shape index (κ3) is 1.27. The summed E-state index contributed by atoms with van der Waals surface area (Å²) in [5.41, 5.74) is 0.818. The first kappa shape index (κ1) is 9.13. The van der Waals surface area contributed by atoms with Crippen LogP contribution in [0.1, 0.15) is 29.8 Å². The minimum absolute atomic E-state index is 0.0509. The minimum Gasteiger partial charge on any atom is -0.293 e. The van der Waals surface area contributed by atoms with Crippen LogP contribution >= 0.6 is 0 Å². The molecule has 0 fully saturated rings. The quantitative estimate of drug-likeness (QED) is 0.614. The normalized spacial score (nSPS) is 18.1. The maximum absolute atomic E-state index is 12.9. The Hall–Kier alpha value is -1.44. The molecule has 0 saturated heterocycles. The Bertz CT molecular complexity index is 430. The molecule has 0 spiro atoms. The van der Waals surface area contributed by atoms with Crippen LogP contribution in [-0.2, 0) is 0 Å². The molecule has 0 N–H and O–H groups in total. The Morgan fingerprint density at radius 2 is 2.00 bits per heavy atom. The average molecular weight is 190 g/mol. The number of ketones is 1. The van der Waals surface area contributed by atoms with Crippen molar-refractivity contribution >= 4 is 11.9 Å². The van der Waals surface area contributed by atoms with Gasteiger partial charge >= 0.3 is 0 Å². The maximum atomic E-state index is 12.9. The smallest absolute Gasteiger partial charge is 0.172 e. The van der Waals surface area contributed by atoms with E-state index in [1.807, 2.05) is 19.9 Å². The van der Waals surface area contributed by atoms with Crippen LogP contribution < -0.4 is 0 Å². The van der Waals surface area contributed by atoms with Gasteiger partial charge in [0, 0.05) is 11.0 Å². The number of Topliss-reactive ketones (excluding diaryl/α,β-unsaturated/α-hetero) is 1. The van der Waals surface area contributed by atoms with E-state index >= 15 is 0 Å². The van der Waals surface area contributed by atoms with E-state index in [9.17, 15) is 9.18 Å². The van der Waals surface area contributed by atoms with Crippen molar-refractivity contribution in [2.75, 3.05) is 0 Å². The van der Waals surface area contributed by atoms with Gasteiger partial charge in [-0.2, -0.15) is 0 Å². The first-order chi connectivity index (χ1) is 6.50. The zero-order chi connectivity index (χ0) is 10.3. The summed E-state index contributed by atoms with van der Waals surface area (Å²) in [7, 11) is 0. The molecule has 0 amide bonds. The molecule has 0 aromatic heterocycles. The van der Waals surface area contributed by atoms with Crippen molar-refractivity contribution in [2.45, 2.75) is 13.8 Å². The molecule has 0 heterocycles. The third-order valence-corrected chi connectivity index (χ3v) is 2.52. The Kier molecular flexibility index (Phi) is 1.81. The van der Waals surface area contributed by atoms with Crippen LogP contribution in [0, 0.1) is 11.2 Å². The van der Waals surface area contributed by atoms with E-state index in [1.54, 1.807) is 12.1 Å². The molecule has 0 saturated carbocycles. The largest absolute Gasteiger partial charge is 0.293 e. The lowest BCUT2D eigenvalue weighted by atomic mass is 9.78. The molecule has 0 bridgehead atoms. The van der Waals surface area contributed by atoms with Gasteiger partial charge in [0.15, 0.2) is 5.78 Å². The molecule has 2 heteroatoms. The topological polar surface area (TPSA) is 17.1 Å². The number of benzene rings is 1. The van der Waals surface area contributed by atoms with Gasteiger partial charge < -0.3 is 0 Å². The molecule has 14 heavy (non-hydrogen) atoms. The summed E-state index contributed by atoms with van der Waals surface area (Å²) < 4.78 is 12.9. The van der Waals surface area contributed by atoms with Crippen LogP contribution in [0.15, 0.2) is 24.3 Å². The molecule has 0 radical (unpaired) electrons. The van der Waals surface area contributed by atoms with Crippen molar-refractivity contribution in [1.29, 1.82) is 0 Å². The molecule has 0 unspecified atom stereocenters. The molecule has 2 rings (SSSR count). The van der Waals surface area contributed by atoms with Crippen LogP contribution in [0.25, 0.3) is 6.08 Å². The predicted octanol–water partition coefficient (Wildman–Crippen LogP) is 3.06. The van der Waals surface area contributed by atoms with Crippen molar-refractivity contribution in [3.63, 3.8) is 0 Å². The molecular weight excluding hydrogens is 179 g/mol. The van der Waals surface area contributed by atoms with Crippen molar-refractivity contribution in [1.82, 2.24) is 0 Å². The molecular formula is C12H11FO. The Morgan fingerprint density at radius 3 is 2.71 bits per heavy atom. The fraction of sp³-hybridized carbons (Fsp3) is 0.250. The van der Waals surface area contributed by atoms with Gasteiger partial charge in [0.05, 0.1) is 0 Å². The third-order valence-electron chi connectivity index (χ3n) is 2.52. The fourth-order valence-electron chi connectivity index (χ4n) is 1.60. The summed E-state index contributed by atoms with van der Waals surface area (Å²) >= 11 is 0. The summed E-state index contributed by atoms with van der Waals surface area (Å²) in [5.74, 6) is -0.254. The molecule has 0 aliphatic heterocycles. The Morgan fingerprint density at radius 1 is 1.29 bits per heavy atom. The van der Waals surface area contributed by atoms with Gasteiger partial charge in [0.25, 0.3) is 0 Å². The second kappa shape index (κ2) is 2.77. The number of carbonyl (C=O) groups excluding carboxylic acids is 1. The van der Waals surface area contributed by atoms with Crippen LogP contribution in [0.4, 0.5) is 4.39 Å². The lowest BCUT2D eigenvalue weighted by Crippen LogP contribution is -2.25. The summed E-state index contributed by atoms with van der Waals surface area (Å²) in [6.07, 6.45) is 3.62. The molecule has 1 aromatic rings. The first-order valence-corrected chi connectivity index (χ1v) is 4.54. The van der Waals surface area contributed by atoms with E-state index in [2.05, 4.69) is 0 Å². The highest BCUT2D eigenvalue weighted by atomic mass is 19.1. The highest BCUT2D eigenvalue weighted by Crippen LogP contribution is 2.31. The average Bonchev–Trinajstić information content (AvgIpc) is 2.12. The molecule has 72 valence electrons. The van der Waals surface area contributed by atoms with Crippen LogP contribution in [-0.4, -0.2) is 5.78 Å². The van der Waals surface area contributed by atoms with Crippen LogP contribution in [0.2, 0.25) is 0 Å². The van der Waals surface area contributed by atoms with Gasteiger partial charge in [-0.15, -0.1) is 0 Å². The van der Waals surface area contributed by atoms with Gasteiger partial charge in [0.1, 0.15) is 5.82 Å². The van der Waals surface area contributed by atoms with E-state index in [4.69, 9.17) is 0 Å². The summed E-state index contributed by atoms with van der Waals surface area (Å²) in [6.45, 7) is 3.72. The predicted molar refractivity (Wildman–Crippen MR) is 53.5 cm³/mol. The van der Waals surface area contributed by atoms with E-state index in [0.717, 1.165) is 0 Å². The molecule has 1 nitrogen and oxygen atoms in total. The minimum atomic E-state index is -0.467. The van der Waals surface area contributed by atoms with Crippen LogP contribution in [0.3, 0.4) is 0 Å². The number of hydrogen-bond donors (Lipinski definition) is 0. The van der Waals surface area contributed by atoms with Crippen molar-refractivity contribution in [2.24, 2.45) is 5.41 Å². The number of fused-ring (bicyclic) bond motifs is 1. The van der Waals surface area contributed by atoms with Gasteiger partial charge in [-0.3, -0.25) is 4.79 Å². The Labute approximate surface area is 82.3 Å². The number of rotatable bonds is 0. The molecule has 1 aliphatic carbocycles. The van der Waals surface area contributed by atoms with Gasteiger partial charge in [-0.05, 0) is 37.6 Å². The lowest BCUT2D eigenvalue weighted by molar-refractivity contribution is 0.0883. The summed E-state index contributed by atoms with van der Waals surface area (Å²) in [5, 5.41) is 0. The zero-order valence-corrected chi connectivity index (χ0v) is 8.17.